The molecule has 1 aliphatic carbocycles. The van der Waals surface area contributed by atoms with E-state index in [1.807, 2.05) is 6.07 Å². The summed E-state index contributed by atoms with van der Waals surface area (Å²) in [4.78, 5) is 12.0. The first-order valence-corrected chi connectivity index (χ1v) is 5.67. The minimum Gasteiger partial charge on any atom is -0.497 e. The standard InChI is InChI=1S/C13H13FN2O2/c1-18-11-6-9(14)5-10(7-11)16-12(17)13(8-15)3-2-4-13/h5-7H,2-4H2,1H3,(H,16,17). The van der Waals surface area contributed by atoms with Crippen LogP contribution in [0.4, 0.5) is 10.1 Å². The fraction of sp³-hybridized carbons (Fsp3) is 0.385. The molecule has 0 saturated heterocycles. The first-order chi connectivity index (χ1) is 8.59. The number of hydrogen-bond acceptors (Lipinski definition) is 3. The number of carbonyl (C=O) groups is 1. The second-order valence-corrected chi connectivity index (χ2v) is 4.38. The predicted molar refractivity (Wildman–Crippen MR) is 63.5 cm³/mol. The molecule has 1 saturated carbocycles. The first kappa shape index (κ1) is 12.4. The second kappa shape index (κ2) is 4.65. The quantitative estimate of drug-likeness (QED) is 0.893. The van der Waals surface area contributed by atoms with E-state index in [-0.39, 0.29) is 5.91 Å². The average Bonchev–Trinajstić information content (AvgIpc) is 2.27. The summed E-state index contributed by atoms with van der Waals surface area (Å²) in [6.45, 7) is 0. The molecule has 1 aliphatic rings. The molecule has 18 heavy (non-hydrogen) atoms. The van der Waals surface area contributed by atoms with Gasteiger partial charge in [-0.25, -0.2) is 4.39 Å². The number of nitriles is 1. The summed E-state index contributed by atoms with van der Waals surface area (Å²) in [6, 6.07) is 5.98. The SMILES string of the molecule is COc1cc(F)cc(NC(=O)C2(C#N)CCC2)c1. The number of rotatable bonds is 3. The van der Waals surface area contributed by atoms with Crippen molar-refractivity contribution in [1.29, 1.82) is 5.26 Å². The predicted octanol–water partition coefficient (Wildman–Crippen LogP) is 2.47. The van der Waals surface area contributed by atoms with Crippen molar-refractivity contribution in [2.75, 3.05) is 12.4 Å². The highest BCUT2D eigenvalue weighted by molar-refractivity contribution is 5.98. The van der Waals surface area contributed by atoms with Crippen LogP contribution >= 0.6 is 0 Å². The van der Waals surface area contributed by atoms with Crippen LogP contribution in [0.25, 0.3) is 0 Å². The molecule has 0 bridgehead atoms. The smallest absolute Gasteiger partial charge is 0.244 e. The molecule has 0 atom stereocenters. The molecule has 1 amide bonds. The van der Waals surface area contributed by atoms with E-state index >= 15 is 0 Å². The first-order valence-electron chi connectivity index (χ1n) is 5.67. The lowest BCUT2D eigenvalue weighted by molar-refractivity contribution is -0.126. The number of nitrogens with one attached hydrogen (secondary N) is 1. The van der Waals surface area contributed by atoms with Crippen molar-refractivity contribution in [1.82, 2.24) is 0 Å². The summed E-state index contributed by atoms with van der Waals surface area (Å²) in [5.74, 6) is -0.543. The van der Waals surface area contributed by atoms with Gasteiger partial charge in [0.15, 0.2) is 0 Å². The fourth-order valence-corrected chi connectivity index (χ4v) is 1.92. The third-order valence-corrected chi connectivity index (χ3v) is 3.22. The van der Waals surface area contributed by atoms with Crippen LogP contribution in [0.3, 0.4) is 0 Å². The lowest BCUT2D eigenvalue weighted by atomic mass is 9.69. The Morgan fingerprint density at radius 1 is 1.50 bits per heavy atom. The third-order valence-electron chi connectivity index (χ3n) is 3.22. The molecule has 0 aliphatic heterocycles. The number of benzene rings is 1. The Morgan fingerprint density at radius 2 is 2.22 bits per heavy atom. The molecule has 1 fully saturated rings. The number of methoxy groups -OCH3 is 1. The zero-order chi connectivity index (χ0) is 13.2. The van der Waals surface area contributed by atoms with Crippen LogP contribution in [0.5, 0.6) is 5.75 Å². The van der Waals surface area contributed by atoms with Gasteiger partial charge in [0, 0.05) is 17.8 Å². The van der Waals surface area contributed by atoms with Gasteiger partial charge >= 0.3 is 0 Å². The van der Waals surface area contributed by atoms with E-state index in [2.05, 4.69) is 5.32 Å². The summed E-state index contributed by atoms with van der Waals surface area (Å²) in [5, 5.41) is 11.6. The Labute approximate surface area is 104 Å². The van der Waals surface area contributed by atoms with Crippen molar-refractivity contribution in [2.45, 2.75) is 19.3 Å². The van der Waals surface area contributed by atoms with Gasteiger partial charge in [-0.05, 0) is 25.3 Å². The lowest BCUT2D eigenvalue weighted by Crippen LogP contribution is -2.40. The maximum Gasteiger partial charge on any atom is 0.244 e. The number of hydrogen-bond donors (Lipinski definition) is 1. The molecule has 2 rings (SSSR count). The zero-order valence-electron chi connectivity index (χ0n) is 10.00. The van der Waals surface area contributed by atoms with Crippen LogP contribution in [0.1, 0.15) is 19.3 Å². The summed E-state index contributed by atoms with van der Waals surface area (Å²) in [7, 11) is 1.42. The van der Waals surface area contributed by atoms with E-state index in [4.69, 9.17) is 10.00 Å². The third kappa shape index (κ3) is 2.14. The van der Waals surface area contributed by atoms with Crippen LogP contribution in [-0.4, -0.2) is 13.0 Å². The lowest BCUT2D eigenvalue weighted by Gasteiger charge is -2.33. The van der Waals surface area contributed by atoms with Gasteiger partial charge in [-0.1, -0.05) is 0 Å². The number of nitrogens with zero attached hydrogens (tertiary/aromatic N) is 1. The van der Waals surface area contributed by atoms with Gasteiger partial charge in [-0.2, -0.15) is 5.26 Å². The number of carbonyl (C=O) groups excluding carboxylic acids is 1. The van der Waals surface area contributed by atoms with Gasteiger partial charge in [-0.3, -0.25) is 4.79 Å². The maximum atomic E-state index is 13.2. The highest BCUT2D eigenvalue weighted by Gasteiger charge is 2.44. The van der Waals surface area contributed by atoms with Gasteiger partial charge in [0.25, 0.3) is 0 Å². The zero-order valence-corrected chi connectivity index (χ0v) is 10.00. The monoisotopic (exact) mass is 248 g/mol. The van der Waals surface area contributed by atoms with E-state index in [0.717, 1.165) is 6.42 Å². The summed E-state index contributed by atoms with van der Waals surface area (Å²) < 4.78 is 18.2. The number of halogens is 1. The molecule has 94 valence electrons. The van der Waals surface area contributed by atoms with E-state index in [1.165, 1.54) is 25.3 Å². The van der Waals surface area contributed by atoms with Gasteiger partial charge in [0.2, 0.25) is 5.91 Å². The normalized spacial score (nSPS) is 16.3. The summed E-state index contributed by atoms with van der Waals surface area (Å²) in [5.41, 5.74) is -0.641. The Hall–Kier alpha value is -2.09. The maximum absolute atomic E-state index is 13.2. The minimum atomic E-state index is -0.945. The van der Waals surface area contributed by atoms with E-state index in [9.17, 15) is 9.18 Å². The van der Waals surface area contributed by atoms with Gasteiger partial charge in [0.1, 0.15) is 17.0 Å². The van der Waals surface area contributed by atoms with Crippen molar-refractivity contribution in [3.63, 3.8) is 0 Å². The Bertz CT molecular complexity index is 518. The second-order valence-electron chi connectivity index (χ2n) is 4.38. The number of ether oxygens (including phenoxy) is 1. The fourth-order valence-electron chi connectivity index (χ4n) is 1.92. The van der Waals surface area contributed by atoms with Crippen LogP contribution < -0.4 is 10.1 Å². The summed E-state index contributed by atoms with van der Waals surface area (Å²) >= 11 is 0. The molecule has 1 aromatic carbocycles. The molecule has 0 radical (unpaired) electrons. The van der Waals surface area contributed by atoms with Crippen molar-refractivity contribution in [3.8, 4) is 11.8 Å². The number of anilines is 1. The Kier molecular flexibility index (Phi) is 3.19. The van der Waals surface area contributed by atoms with Gasteiger partial charge in [-0.15, -0.1) is 0 Å². The van der Waals surface area contributed by atoms with Crippen LogP contribution in [-0.2, 0) is 4.79 Å². The molecular formula is C13H13FN2O2. The Morgan fingerprint density at radius 3 is 2.72 bits per heavy atom. The summed E-state index contributed by atoms with van der Waals surface area (Å²) in [6.07, 6.45) is 1.98. The highest BCUT2D eigenvalue weighted by Crippen LogP contribution is 2.41. The molecule has 1 aromatic rings. The van der Waals surface area contributed by atoms with Crippen LogP contribution in [0, 0.1) is 22.6 Å². The van der Waals surface area contributed by atoms with Crippen molar-refractivity contribution < 1.29 is 13.9 Å². The molecule has 0 heterocycles. The van der Waals surface area contributed by atoms with E-state index in [0.29, 0.717) is 24.3 Å². The molecule has 0 aromatic heterocycles. The molecule has 0 unspecified atom stereocenters. The molecule has 0 spiro atoms. The molecule has 1 N–H and O–H groups in total. The largest absolute Gasteiger partial charge is 0.497 e. The number of amides is 1. The Balaban J connectivity index is 2.17. The average molecular weight is 248 g/mol. The van der Waals surface area contributed by atoms with Crippen molar-refractivity contribution in [3.05, 3.63) is 24.0 Å². The van der Waals surface area contributed by atoms with Crippen molar-refractivity contribution >= 4 is 11.6 Å². The van der Waals surface area contributed by atoms with Gasteiger partial charge < -0.3 is 10.1 Å². The highest BCUT2D eigenvalue weighted by atomic mass is 19.1. The topological polar surface area (TPSA) is 62.1 Å². The van der Waals surface area contributed by atoms with E-state index < -0.39 is 11.2 Å². The van der Waals surface area contributed by atoms with E-state index in [1.54, 1.807) is 0 Å². The molecular weight excluding hydrogens is 235 g/mol. The van der Waals surface area contributed by atoms with Gasteiger partial charge in [0.05, 0.1) is 13.2 Å². The minimum absolute atomic E-state index is 0.304. The molecule has 4 nitrogen and oxygen atoms in total. The molecule has 5 heteroatoms. The van der Waals surface area contributed by atoms with Crippen LogP contribution in [0.2, 0.25) is 0 Å². The van der Waals surface area contributed by atoms with Crippen LogP contribution in [0.15, 0.2) is 18.2 Å². The van der Waals surface area contributed by atoms with Crippen molar-refractivity contribution in [2.24, 2.45) is 5.41 Å².